The van der Waals surface area contributed by atoms with Gasteiger partial charge in [-0.2, -0.15) is 0 Å². The number of nitrogens with zero attached hydrogens (tertiary/aromatic N) is 4. The molecule has 29 heavy (non-hydrogen) atoms. The molecule has 2 aromatic heterocycles. The predicted molar refractivity (Wildman–Crippen MR) is 111 cm³/mol. The van der Waals surface area contributed by atoms with E-state index in [1.54, 1.807) is 30.0 Å². The summed E-state index contributed by atoms with van der Waals surface area (Å²) in [7, 11) is 1.58. The van der Waals surface area contributed by atoms with E-state index in [0.29, 0.717) is 16.6 Å². The minimum Gasteiger partial charge on any atom is -0.497 e. The molecule has 4 rings (SSSR count). The van der Waals surface area contributed by atoms with Gasteiger partial charge in [0.1, 0.15) is 5.75 Å². The molecule has 9 heteroatoms. The second kappa shape index (κ2) is 8.69. The van der Waals surface area contributed by atoms with Crippen LogP contribution in [0.1, 0.15) is 32.1 Å². The number of fused-ring (bicyclic) bond motifs is 1. The van der Waals surface area contributed by atoms with Crippen LogP contribution >= 0.6 is 11.8 Å². The molecular weight excluding hydrogens is 390 g/mol. The molecule has 0 aliphatic heterocycles. The van der Waals surface area contributed by atoms with Crippen LogP contribution in [0.15, 0.2) is 46.6 Å². The van der Waals surface area contributed by atoms with Crippen LogP contribution in [-0.4, -0.2) is 44.0 Å². The number of amides is 1. The van der Waals surface area contributed by atoms with E-state index in [4.69, 9.17) is 4.74 Å². The van der Waals surface area contributed by atoms with Gasteiger partial charge in [-0.15, -0.1) is 10.2 Å². The monoisotopic (exact) mass is 413 g/mol. The average Bonchev–Trinajstić information content (AvgIpc) is 3.17. The van der Waals surface area contributed by atoms with Crippen LogP contribution in [0.5, 0.6) is 5.75 Å². The highest BCUT2D eigenvalue weighted by molar-refractivity contribution is 7.99. The summed E-state index contributed by atoms with van der Waals surface area (Å²) in [5.41, 5.74) is 0.609. The Balaban J connectivity index is 1.49. The Morgan fingerprint density at radius 2 is 2.07 bits per heavy atom. The number of thioether (sulfide) groups is 1. The maximum Gasteiger partial charge on any atom is 0.300 e. The Labute approximate surface area is 172 Å². The van der Waals surface area contributed by atoms with Crippen molar-refractivity contribution in [3.63, 3.8) is 0 Å². The summed E-state index contributed by atoms with van der Waals surface area (Å²) in [5.74, 6) is 0.898. The van der Waals surface area contributed by atoms with Crippen molar-refractivity contribution in [1.82, 2.24) is 24.5 Å². The fraction of sp³-hybridized carbons (Fsp3) is 0.400. The van der Waals surface area contributed by atoms with Crippen LogP contribution < -0.4 is 15.6 Å². The smallest absolute Gasteiger partial charge is 0.300 e. The molecule has 2 heterocycles. The van der Waals surface area contributed by atoms with Gasteiger partial charge in [0, 0.05) is 24.5 Å². The molecule has 1 amide bonds. The van der Waals surface area contributed by atoms with E-state index in [1.807, 2.05) is 18.2 Å². The fourth-order valence-corrected chi connectivity index (χ4v) is 4.30. The molecule has 3 aromatic rings. The lowest BCUT2D eigenvalue weighted by Gasteiger charge is -2.22. The number of benzene rings is 1. The third-order valence-electron chi connectivity index (χ3n) is 5.07. The van der Waals surface area contributed by atoms with Gasteiger partial charge < -0.3 is 10.1 Å². The Hall–Kier alpha value is -2.81. The first kappa shape index (κ1) is 19.5. The lowest BCUT2D eigenvalue weighted by Crippen LogP contribution is -2.37. The van der Waals surface area contributed by atoms with Gasteiger partial charge in [-0.3, -0.25) is 18.6 Å². The second-order valence-corrected chi connectivity index (χ2v) is 7.98. The van der Waals surface area contributed by atoms with Crippen LogP contribution in [0.4, 0.5) is 0 Å². The van der Waals surface area contributed by atoms with E-state index < -0.39 is 0 Å². The maximum absolute atomic E-state index is 12.9. The largest absolute Gasteiger partial charge is 0.497 e. The van der Waals surface area contributed by atoms with Gasteiger partial charge in [0.15, 0.2) is 5.16 Å². The van der Waals surface area contributed by atoms with Crippen molar-refractivity contribution in [3.8, 4) is 11.4 Å². The molecule has 1 N–H and O–H groups in total. The number of methoxy groups -OCH3 is 1. The Kier molecular flexibility index (Phi) is 5.84. The van der Waals surface area contributed by atoms with Gasteiger partial charge in [-0.25, -0.2) is 0 Å². The van der Waals surface area contributed by atoms with Gasteiger partial charge in [-0.05, 0) is 25.0 Å². The summed E-state index contributed by atoms with van der Waals surface area (Å²) in [5, 5.41) is 11.7. The molecule has 1 aliphatic carbocycles. The zero-order valence-electron chi connectivity index (χ0n) is 16.2. The van der Waals surface area contributed by atoms with E-state index in [0.717, 1.165) is 12.8 Å². The molecule has 0 saturated heterocycles. The Morgan fingerprint density at radius 3 is 2.86 bits per heavy atom. The first-order valence-electron chi connectivity index (χ1n) is 9.68. The summed E-state index contributed by atoms with van der Waals surface area (Å²) in [4.78, 5) is 25.1. The lowest BCUT2D eigenvalue weighted by molar-refractivity contribution is -0.119. The van der Waals surface area contributed by atoms with E-state index in [1.165, 1.54) is 35.6 Å². The van der Waals surface area contributed by atoms with Crippen LogP contribution in [0.3, 0.4) is 0 Å². The molecule has 1 fully saturated rings. The topological polar surface area (TPSA) is 90.5 Å². The summed E-state index contributed by atoms with van der Waals surface area (Å²) in [6, 6.07) is 7.52. The molecule has 1 saturated carbocycles. The highest BCUT2D eigenvalue weighted by Crippen LogP contribution is 2.20. The number of carbonyl (C=O) groups is 1. The number of ether oxygens (including phenoxy) is 1. The van der Waals surface area contributed by atoms with Crippen molar-refractivity contribution < 1.29 is 9.53 Å². The van der Waals surface area contributed by atoms with Gasteiger partial charge in [-0.1, -0.05) is 37.1 Å². The molecule has 0 atom stereocenters. The second-order valence-electron chi connectivity index (χ2n) is 7.04. The Morgan fingerprint density at radius 1 is 1.24 bits per heavy atom. The zero-order valence-corrected chi connectivity index (χ0v) is 17.0. The minimum absolute atomic E-state index is 0.0108. The Bertz CT molecular complexity index is 1070. The zero-order chi connectivity index (χ0) is 20.2. The molecular formula is C20H23N5O3S. The van der Waals surface area contributed by atoms with Gasteiger partial charge in [0.05, 0.1) is 18.6 Å². The van der Waals surface area contributed by atoms with Crippen molar-refractivity contribution in [1.29, 1.82) is 0 Å². The number of aromatic nitrogens is 4. The van der Waals surface area contributed by atoms with Gasteiger partial charge in [0.2, 0.25) is 11.6 Å². The number of carbonyl (C=O) groups excluding carboxylic acids is 1. The van der Waals surface area contributed by atoms with Crippen molar-refractivity contribution in [2.45, 2.75) is 43.3 Å². The number of nitrogens with one attached hydrogen (secondary N) is 1. The average molecular weight is 414 g/mol. The number of hydrogen-bond acceptors (Lipinski definition) is 6. The third-order valence-corrected chi connectivity index (χ3v) is 6.02. The fourth-order valence-electron chi connectivity index (χ4n) is 3.57. The van der Waals surface area contributed by atoms with Crippen molar-refractivity contribution in [2.75, 3.05) is 12.9 Å². The maximum atomic E-state index is 12.9. The lowest BCUT2D eigenvalue weighted by atomic mass is 9.95. The van der Waals surface area contributed by atoms with Crippen LogP contribution in [-0.2, 0) is 4.79 Å². The van der Waals surface area contributed by atoms with Crippen LogP contribution in [0.25, 0.3) is 11.3 Å². The summed E-state index contributed by atoms with van der Waals surface area (Å²) >= 11 is 1.28. The minimum atomic E-state index is -0.285. The molecule has 8 nitrogen and oxygen atoms in total. The van der Waals surface area contributed by atoms with E-state index >= 15 is 0 Å². The third kappa shape index (κ3) is 4.29. The van der Waals surface area contributed by atoms with Crippen molar-refractivity contribution in [2.24, 2.45) is 0 Å². The number of hydrogen-bond donors (Lipinski definition) is 1. The van der Waals surface area contributed by atoms with Gasteiger partial charge in [0.25, 0.3) is 0 Å². The highest BCUT2D eigenvalue weighted by atomic mass is 32.2. The quantitative estimate of drug-likeness (QED) is 0.624. The SMILES string of the molecule is COc1cccc(-n2ccn3c(SCC(=O)NC4CCCCC4)nnc3c2=O)c1. The first-order chi connectivity index (χ1) is 14.2. The van der Waals surface area contributed by atoms with E-state index in [2.05, 4.69) is 15.5 Å². The standard InChI is InChI=1S/C20H23N5O3S/c1-28-16-9-5-8-15(12-16)24-10-11-25-18(19(24)27)22-23-20(25)29-13-17(26)21-14-6-3-2-4-7-14/h5,8-12,14H,2-4,6-7,13H2,1H3,(H,21,26). The predicted octanol–water partition coefficient (Wildman–Crippen LogP) is 2.43. The normalized spacial score (nSPS) is 14.8. The van der Waals surface area contributed by atoms with Crippen molar-refractivity contribution in [3.05, 3.63) is 47.0 Å². The molecule has 0 bridgehead atoms. The van der Waals surface area contributed by atoms with E-state index in [9.17, 15) is 9.59 Å². The first-order valence-corrected chi connectivity index (χ1v) is 10.7. The van der Waals surface area contributed by atoms with E-state index in [-0.39, 0.29) is 28.9 Å². The number of rotatable bonds is 6. The molecule has 1 aromatic carbocycles. The van der Waals surface area contributed by atoms with Crippen molar-refractivity contribution >= 4 is 23.3 Å². The molecule has 152 valence electrons. The summed E-state index contributed by atoms with van der Waals surface area (Å²) in [6.07, 6.45) is 9.10. The molecule has 1 aliphatic rings. The molecule has 0 spiro atoms. The highest BCUT2D eigenvalue weighted by Gasteiger charge is 2.17. The summed E-state index contributed by atoms with van der Waals surface area (Å²) in [6.45, 7) is 0. The molecule has 0 radical (unpaired) electrons. The summed E-state index contributed by atoms with van der Waals surface area (Å²) < 4.78 is 8.35. The molecule has 0 unspecified atom stereocenters. The van der Waals surface area contributed by atoms with Crippen LogP contribution in [0.2, 0.25) is 0 Å². The van der Waals surface area contributed by atoms with Crippen LogP contribution in [0, 0.1) is 0 Å². The van der Waals surface area contributed by atoms with Gasteiger partial charge >= 0.3 is 5.56 Å².